The van der Waals surface area contributed by atoms with Gasteiger partial charge in [0.1, 0.15) is 0 Å². The highest BCUT2D eigenvalue weighted by Crippen LogP contribution is 2.11. The number of carbonyl (C=O) groups excluding carboxylic acids is 2. The molecule has 2 aromatic carbocycles. The van der Waals surface area contributed by atoms with Gasteiger partial charge in [-0.15, -0.1) is 0 Å². The number of rotatable bonds is 5. The minimum atomic E-state index is -0.502. The second-order valence-electron chi connectivity index (χ2n) is 4.54. The maximum atomic E-state index is 11.8. The molecule has 23 heavy (non-hydrogen) atoms. The quantitative estimate of drug-likeness (QED) is 0.506. The van der Waals surface area contributed by atoms with Crippen LogP contribution < -0.4 is 10.7 Å². The molecule has 0 unspecified atom stereocenters. The lowest BCUT2D eigenvalue weighted by molar-refractivity contribution is 0.0526. The normalized spacial score (nSPS) is 10.3. The summed E-state index contributed by atoms with van der Waals surface area (Å²) in [4.78, 5) is 23.4. The van der Waals surface area contributed by atoms with Crippen LogP contribution in [0.2, 0.25) is 0 Å². The predicted octanol–water partition coefficient (Wildman–Crippen LogP) is 3.02. The highest BCUT2D eigenvalue weighted by Gasteiger charge is 2.07. The van der Waals surface area contributed by atoms with Crippen LogP contribution in [0.25, 0.3) is 0 Å². The van der Waals surface area contributed by atoms with E-state index >= 15 is 0 Å². The molecule has 2 amide bonds. The van der Waals surface area contributed by atoms with Crippen molar-refractivity contribution in [3.05, 3.63) is 65.7 Å². The summed E-state index contributed by atoms with van der Waals surface area (Å²) in [7, 11) is 0. The van der Waals surface area contributed by atoms with E-state index < -0.39 is 12.0 Å². The van der Waals surface area contributed by atoms with Crippen LogP contribution >= 0.6 is 0 Å². The third kappa shape index (κ3) is 5.28. The molecule has 0 bridgehead atoms. The van der Waals surface area contributed by atoms with E-state index in [-0.39, 0.29) is 0 Å². The third-order valence-corrected chi connectivity index (χ3v) is 2.81. The number of esters is 1. The minimum Gasteiger partial charge on any atom is -0.462 e. The van der Waals surface area contributed by atoms with E-state index in [1.54, 1.807) is 31.2 Å². The number of nitrogens with zero attached hydrogens (tertiary/aromatic N) is 1. The summed E-state index contributed by atoms with van der Waals surface area (Å²) in [5.41, 5.74) is 4.08. The number of carbonyl (C=O) groups is 2. The van der Waals surface area contributed by atoms with Crippen LogP contribution in [0.5, 0.6) is 0 Å². The molecule has 0 spiro atoms. The molecule has 6 nitrogen and oxygen atoms in total. The van der Waals surface area contributed by atoms with E-state index in [2.05, 4.69) is 15.8 Å². The third-order valence-electron chi connectivity index (χ3n) is 2.81. The standard InChI is InChI=1S/C17H17N3O3/c1-2-23-16(21)14-9-6-10-15(11-14)19-17(22)20-18-12-13-7-4-3-5-8-13/h3-12H,2H2,1H3,(H2,19,20,22)/b18-12+. The highest BCUT2D eigenvalue weighted by molar-refractivity contribution is 5.94. The maximum Gasteiger partial charge on any atom is 0.339 e. The van der Waals surface area contributed by atoms with E-state index in [9.17, 15) is 9.59 Å². The summed E-state index contributed by atoms with van der Waals surface area (Å²) >= 11 is 0. The fourth-order valence-electron chi connectivity index (χ4n) is 1.80. The molecular weight excluding hydrogens is 294 g/mol. The Kier molecular flexibility index (Phi) is 5.88. The van der Waals surface area contributed by atoms with Crippen molar-refractivity contribution >= 4 is 23.9 Å². The molecule has 2 N–H and O–H groups in total. The first kappa shape index (κ1) is 16.2. The number of amides is 2. The number of urea groups is 1. The highest BCUT2D eigenvalue weighted by atomic mass is 16.5. The predicted molar refractivity (Wildman–Crippen MR) is 88.6 cm³/mol. The van der Waals surface area contributed by atoms with Crippen LogP contribution in [0.3, 0.4) is 0 Å². The zero-order valence-corrected chi connectivity index (χ0v) is 12.7. The van der Waals surface area contributed by atoms with Crippen molar-refractivity contribution in [3.8, 4) is 0 Å². The zero-order valence-electron chi connectivity index (χ0n) is 12.7. The number of hydrogen-bond acceptors (Lipinski definition) is 4. The van der Waals surface area contributed by atoms with Crippen LogP contribution in [0.1, 0.15) is 22.8 Å². The number of nitrogens with one attached hydrogen (secondary N) is 2. The van der Waals surface area contributed by atoms with Crippen LogP contribution in [-0.4, -0.2) is 24.8 Å². The van der Waals surface area contributed by atoms with Gasteiger partial charge in [-0.2, -0.15) is 5.10 Å². The second-order valence-corrected chi connectivity index (χ2v) is 4.54. The number of hydrogen-bond donors (Lipinski definition) is 2. The lowest BCUT2D eigenvalue weighted by Crippen LogP contribution is -2.24. The first-order valence-corrected chi connectivity index (χ1v) is 7.11. The minimum absolute atomic E-state index is 0.297. The fourth-order valence-corrected chi connectivity index (χ4v) is 1.80. The van der Waals surface area contributed by atoms with Crippen LogP contribution in [0.4, 0.5) is 10.5 Å². The fraction of sp³-hybridized carbons (Fsp3) is 0.118. The average Bonchev–Trinajstić information content (AvgIpc) is 2.56. The first-order valence-electron chi connectivity index (χ1n) is 7.11. The number of ether oxygens (including phenoxy) is 1. The molecule has 0 atom stereocenters. The Hall–Kier alpha value is -3.15. The summed E-state index contributed by atoms with van der Waals surface area (Å²) in [6, 6.07) is 15.4. The van der Waals surface area contributed by atoms with Crippen molar-refractivity contribution in [3.63, 3.8) is 0 Å². The smallest absolute Gasteiger partial charge is 0.339 e. The van der Waals surface area contributed by atoms with Crippen LogP contribution in [0.15, 0.2) is 59.7 Å². The largest absolute Gasteiger partial charge is 0.462 e. The zero-order chi connectivity index (χ0) is 16.5. The molecule has 2 rings (SSSR count). The van der Waals surface area contributed by atoms with Gasteiger partial charge in [0.15, 0.2) is 0 Å². The van der Waals surface area contributed by atoms with E-state index in [0.717, 1.165) is 5.56 Å². The Balaban J connectivity index is 1.91. The molecule has 0 radical (unpaired) electrons. The van der Waals surface area contributed by atoms with Gasteiger partial charge in [0, 0.05) is 5.69 Å². The summed E-state index contributed by atoms with van der Waals surface area (Å²) in [6.07, 6.45) is 1.54. The topological polar surface area (TPSA) is 79.8 Å². The summed E-state index contributed by atoms with van der Waals surface area (Å²) in [6.45, 7) is 2.03. The summed E-state index contributed by atoms with van der Waals surface area (Å²) < 4.78 is 4.91. The molecule has 0 heterocycles. The molecule has 2 aromatic rings. The number of anilines is 1. The lowest BCUT2D eigenvalue weighted by Gasteiger charge is -2.06. The SMILES string of the molecule is CCOC(=O)c1cccc(NC(=O)N/N=C/c2ccccc2)c1. The van der Waals surface area contributed by atoms with Crippen molar-refractivity contribution in [2.45, 2.75) is 6.92 Å². The Morgan fingerprint density at radius 2 is 1.91 bits per heavy atom. The van der Waals surface area contributed by atoms with Crippen LogP contribution in [-0.2, 0) is 4.74 Å². The monoisotopic (exact) mass is 311 g/mol. The lowest BCUT2D eigenvalue weighted by atomic mass is 10.2. The van der Waals surface area contributed by atoms with Gasteiger partial charge in [0.2, 0.25) is 0 Å². The van der Waals surface area contributed by atoms with E-state index in [4.69, 9.17) is 4.74 Å². The van der Waals surface area contributed by atoms with Gasteiger partial charge in [-0.05, 0) is 30.7 Å². The Morgan fingerprint density at radius 1 is 1.13 bits per heavy atom. The molecule has 0 saturated carbocycles. The molecule has 0 aliphatic carbocycles. The van der Waals surface area contributed by atoms with Crippen molar-refractivity contribution < 1.29 is 14.3 Å². The van der Waals surface area contributed by atoms with Gasteiger partial charge in [-0.25, -0.2) is 15.0 Å². The molecular formula is C17H17N3O3. The van der Waals surface area contributed by atoms with E-state index in [1.165, 1.54) is 6.21 Å². The van der Waals surface area contributed by atoms with Gasteiger partial charge < -0.3 is 10.1 Å². The van der Waals surface area contributed by atoms with Crippen molar-refractivity contribution in [1.82, 2.24) is 5.43 Å². The van der Waals surface area contributed by atoms with Gasteiger partial charge in [-0.3, -0.25) is 0 Å². The molecule has 0 fully saturated rings. The van der Waals surface area contributed by atoms with Crippen LogP contribution in [0, 0.1) is 0 Å². The van der Waals surface area contributed by atoms with E-state index in [1.807, 2.05) is 30.3 Å². The molecule has 0 aliphatic rings. The van der Waals surface area contributed by atoms with Gasteiger partial charge in [-0.1, -0.05) is 36.4 Å². The number of benzene rings is 2. The first-order chi connectivity index (χ1) is 11.2. The van der Waals surface area contributed by atoms with Gasteiger partial charge >= 0.3 is 12.0 Å². The summed E-state index contributed by atoms with van der Waals surface area (Å²) in [5, 5.41) is 6.44. The second kappa shape index (κ2) is 8.33. The molecule has 0 aromatic heterocycles. The molecule has 6 heteroatoms. The molecule has 0 saturated heterocycles. The average molecular weight is 311 g/mol. The van der Waals surface area contributed by atoms with Crippen molar-refractivity contribution in [2.24, 2.45) is 5.10 Å². The van der Waals surface area contributed by atoms with Crippen molar-refractivity contribution in [1.29, 1.82) is 0 Å². The Morgan fingerprint density at radius 3 is 2.65 bits per heavy atom. The maximum absolute atomic E-state index is 11.8. The van der Waals surface area contributed by atoms with E-state index in [0.29, 0.717) is 17.9 Å². The Labute approximate surface area is 134 Å². The van der Waals surface area contributed by atoms with Crippen molar-refractivity contribution in [2.75, 3.05) is 11.9 Å². The molecule has 0 aliphatic heterocycles. The summed E-state index contributed by atoms with van der Waals surface area (Å²) in [5.74, 6) is -0.432. The van der Waals surface area contributed by atoms with Gasteiger partial charge in [0.05, 0.1) is 18.4 Å². The number of hydrazone groups is 1. The van der Waals surface area contributed by atoms with Gasteiger partial charge in [0.25, 0.3) is 0 Å². The molecule has 118 valence electrons. The Bertz CT molecular complexity index is 699.